The molecular formula is C17H27NO. The van der Waals surface area contributed by atoms with Crippen LogP contribution in [0.4, 0.5) is 0 Å². The lowest BCUT2D eigenvalue weighted by molar-refractivity contribution is 0.179. The molecule has 1 aliphatic rings. The third-order valence-corrected chi connectivity index (χ3v) is 4.23. The van der Waals surface area contributed by atoms with E-state index < -0.39 is 0 Å². The van der Waals surface area contributed by atoms with Crippen LogP contribution in [0.3, 0.4) is 0 Å². The van der Waals surface area contributed by atoms with Crippen LogP contribution in [0.15, 0.2) is 24.3 Å². The van der Waals surface area contributed by atoms with Crippen molar-refractivity contribution in [2.45, 2.75) is 51.0 Å². The number of ether oxygens (including phenoxy) is 1. The molecule has 0 radical (unpaired) electrons. The Morgan fingerprint density at radius 2 is 2.21 bits per heavy atom. The second-order valence-corrected chi connectivity index (χ2v) is 5.56. The van der Waals surface area contributed by atoms with Crippen LogP contribution in [0.25, 0.3) is 0 Å². The number of hydrogen-bond donors (Lipinski definition) is 1. The van der Waals surface area contributed by atoms with Crippen molar-refractivity contribution in [3.8, 4) is 0 Å². The normalized spacial score (nSPS) is 20.0. The molecule has 0 amide bonds. The lowest BCUT2D eigenvalue weighted by Gasteiger charge is -2.29. The Hall–Kier alpha value is -0.860. The molecule has 0 saturated heterocycles. The maximum Gasteiger partial charge on any atom is 0.0477 e. The molecule has 1 aliphatic carbocycles. The fourth-order valence-electron chi connectivity index (χ4n) is 3.29. The first-order chi connectivity index (χ1) is 9.35. The van der Waals surface area contributed by atoms with Gasteiger partial charge in [-0.15, -0.1) is 0 Å². The summed E-state index contributed by atoms with van der Waals surface area (Å²) >= 11 is 0. The van der Waals surface area contributed by atoms with Crippen molar-refractivity contribution >= 4 is 0 Å². The Kier molecular flexibility index (Phi) is 5.87. The monoisotopic (exact) mass is 261 g/mol. The summed E-state index contributed by atoms with van der Waals surface area (Å²) < 4.78 is 5.24. The Balaban J connectivity index is 2.01. The minimum absolute atomic E-state index is 0.584. The Labute approximate surface area is 117 Å². The number of nitrogens with one attached hydrogen (secondary N) is 1. The van der Waals surface area contributed by atoms with E-state index in [1.807, 2.05) is 0 Å². The van der Waals surface area contributed by atoms with E-state index in [2.05, 4.69) is 36.5 Å². The van der Waals surface area contributed by atoms with E-state index in [9.17, 15) is 0 Å². The molecule has 0 aromatic heterocycles. The second-order valence-electron chi connectivity index (χ2n) is 5.56. The molecule has 1 aromatic rings. The van der Waals surface area contributed by atoms with Crippen molar-refractivity contribution < 1.29 is 4.74 Å². The average Bonchev–Trinajstić information content (AvgIpc) is 2.45. The van der Waals surface area contributed by atoms with E-state index in [0.29, 0.717) is 6.04 Å². The van der Waals surface area contributed by atoms with Crippen molar-refractivity contribution in [3.05, 3.63) is 35.4 Å². The highest BCUT2D eigenvalue weighted by atomic mass is 16.5. The van der Waals surface area contributed by atoms with Gasteiger partial charge in [-0.3, -0.25) is 0 Å². The van der Waals surface area contributed by atoms with E-state index >= 15 is 0 Å². The van der Waals surface area contributed by atoms with E-state index in [1.54, 1.807) is 18.2 Å². The molecule has 106 valence electrons. The third-order valence-electron chi connectivity index (χ3n) is 4.23. The second kappa shape index (κ2) is 7.66. The number of rotatable bonds is 7. The van der Waals surface area contributed by atoms with Crippen LogP contribution < -0.4 is 5.32 Å². The van der Waals surface area contributed by atoms with Gasteiger partial charge in [-0.25, -0.2) is 0 Å². The first kappa shape index (κ1) is 14.5. The van der Waals surface area contributed by atoms with Crippen LogP contribution in [0.2, 0.25) is 0 Å². The highest BCUT2D eigenvalue weighted by Gasteiger charge is 2.22. The fraction of sp³-hybridized carbons (Fsp3) is 0.647. The van der Waals surface area contributed by atoms with E-state index in [4.69, 9.17) is 4.74 Å². The highest BCUT2D eigenvalue weighted by Crippen LogP contribution is 2.34. The summed E-state index contributed by atoms with van der Waals surface area (Å²) in [6, 6.07) is 9.58. The molecule has 2 atom stereocenters. The zero-order valence-corrected chi connectivity index (χ0v) is 12.3. The molecule has 2 nitrogen and oxygen atoms in total. The quantitative estimate of drug-likeness (QED) is 0.811. The van der Waals surface area contributed by atoms with Gasteiger partial charge in [-0.1, -0.05) is 31.2 Å². The Bertz CT molecular complexity index is 377. The summed E-state index contributed by atoms with van der Waals surface area (Å²) in [5, 5.41) is 3.62. The standard InChI is InChI=1S/C17H27NO/c1-3-18-16(11-12-19-2)13-15-9-6-8-14-7-4-5-10-17(14)15/h4-5,7,10,15-16,18H,3,6,8-9,11-13H2,1-2H3. The molecule has 2 rings (SSSR count). The summed E-state index contributed by atoms with van der Waals surface area (Å²) in [6.07, 6.45) is 6.30. The van der Waals surface area contributed by atoms with Crippen LogP contribution >= 0.6 is 0 Å². The van der Waals surface area contributed by atoms with Crippen LogP contribution in [0, 0.1) is 0 Å². The summed E-state index contributed by atoms with van der Waals surface area (Å²) in [4.78, 5) is 0. The van der Waals surface area contributed by atoms with Gasteiger partial charge in [-0.05, 0) is 55.7 Å². The molecule has 2 heteroatoms. The minimum Gasteiger partial charge on any atom is -0.385 e. The van der Waals surface area contributed by atoms with Crippen molar-refractivity contribution in [2.24, 2.45) is 0 Å². The molecule has 0 fully saturated rings. The van der Waals surface area contributed by atoms with Gasteiger partial charge in [0, 0.05) is 19.8 Å². The van der Waals surface area contributed by atoms with Gasteiger partial charge in [0.2, 0.25) is 0 Å². The SMILES string of the molecule is CCNC(CCOC)CC1CCCc2ccccc21. The van der Waals surface area contributed by atoms with E-state index in [-0.39, 0.29) is 0 Å². The van der Waals surface area contributed by atoms with Gasteiger partial charge >= 0.3 is 0 Å². The van der Waals surface area contributed by atoms with Crippen molar-refractivity contribution in [1.82, 2.24) is 5.32 Å². The van der Waals surface area contributed by atoms with Crippen LogP contribution in [-0.4, -0.2) is 26.3 Å². The lowest BCUT2D eigenvalue weighted by Crippen LogP contribution is -2.32. The molecule has 1 N–H and O–H groups in total. The summed E-state index contributed by atoms with van der Waals surface area (Å²) in [6.45, 7) is 4.09. The lowest BCUT2D eigenvalue weighted by atomic mass is 9.79. The molecule has 19 heavy (non-hydrogen) atoms. The van der Waals surface area contributed by atoms with Gasteiger partial charge in [-0.2, -0.15) is 0 Å². The first-order valence-electron chi connectivity index (χ1n) is 7.65. The zero-order valence-electron chi connectivity index (χ0n) is 12.3. The molecule has 0 saturated carbocycles. The largest absolute Gasteiger partial charge is 0.385 e. The van der Waals surface area contributed by atoms with Crippen molar-refractivity contribution in [2.75, 3.05) is 20.3 Å². The number of methoxy groups -OCH3 is 1. The molecule has 2 unspecified atom stereocenters. The number of hydrogen-bond acceptors (Lipinski definition) is 2. The summed E-state index contributed by atoms with van der Waals surface area (Å²) in [7, 11) is 1.79. The molecule has 0 bridgehead atoms. The molecule has 0 heterocycles. The average molecular weight is 261 g/mol. The van der Waals surface area contributed by atoms with Gasteiger partial charge in [0.15, 0.2) is 0 Å². The van der Waals surface area contributed by atoms with Crippen LogP contribution in [-0.2, 0) is 11.2 Å². The molecule has 1 aromatic carbocycles. The minimum atomic E-state index is 0.584. The molecular weight excluding hydrogens is 234 g/mol. The van der Waals surface area contributed by atoms with Gasteiger partial charge in [0.05, 0.1) is 0 Å². The predicted molar refractivity (Wildman–Crippen MR) is 80.7 cm³/mol. The summed E-state index contributed by atoms with van der Waals surface area (Å²) in [5.41, 5.74) is 3.16. The third kappa shape index (κ3) is 4.05. The topological polar surface area (TPSA) is 21.3 Å². The zero-order chi connectivity index (χ0) is 13.5. The highest BCUT2D eigenvalue weighted by molar-refractivity contribution is 5.32. The van der Waals surface area contributed by atoms with E-state index in [0.717, 1.165) is 25.5 Å². The number of aryl methyl sites for hydroxylation is 1. The molecule has 0 aliphatic heterocycles. The van der Waals surface area contributed by atoms with Crippen LogP contribution in [0.1, 0.15) is 49.7 Å². The summed E-state index contributed by atoms with van der Waals surface area (Å²) in [5.74, 6) is 0.728. The van der Waals surface area contributed by atoms with Crippen LogP contribution in [0.5, 0.6) is 0 Å². The van der Waals surface area contributed by atoms with Gasteiger partial charge in [0.25, 0.3) is 0 Å². The van der Waals surface area contributed by atoms with Crippen molar-refractivity contribution in [1.29, 1.82) is 0 Å². The van der Waals surface area contributed by atoms with Gasteiger partial charge < -0.3 is 10.1 Å². The smallest absolute Gasteiger partial charge is 0.0477 e. The Morgan fingerprint density at radius 3 is 3.00 bits per heavy atom. The maximum absolute atomic E-state index is 5.24. The Morgan fingerprint density at radius 1 is 1.37 bits per heavy atom. The number of fused-ring (bicyclic) bond motifs is 1. The first-order valence-corrected chi connectivity index (χ1v) is 7.65. The maximum atomic E-state index is 5.24. The molecule has 0 spiro atoms. The predicted octanol–water partition coefficient (Wildman–Crippen LogP) is 3.51. The van der Waals surface area contributed by atoms with E-state index in [1.165, 1.54) is 25.7 Å². The van der Waals surface area contributed by atoms with Gasteiger partial charge in [0.1, 0.15) is 0 Å². The van der Waals surface area contributed by atoms with Crippen molar-refractivity contribution in [3.63, 3.8) is 0 Å². The number of benzene rings is 1. The fourth-order valence-corrected chi connectivity index (χ4v) is 3.29.